The van der Waals surface area contributed by atoms with Crippen LogP contribution < -0.4 is 14.8 Å². The fraction of sp³-hybridized carbons (Fsp3) is 0.538. The summed E-state index contributed by atoms with van der Waals surface area (Å²) < 4.78 is 32.7. The lowest BCUT2D eigenvalue weighted by Gasteiger charge is -2.30. The van der Waals surface area contributed by atoms with E-state index in [1.54, 1.807) is 0 Å². The number of benzene rings is 1. The summed E-state index contributed by atoms with van der Waals surface area (Å²) in [4.78, 5) is -0.0345. The topological polar surface area (TPSA) is 67.4 Å². The summed E-state index contributed by atoms with van der Waals surface area (Å²) in [5.41, 5.74) is 0. The van der Waals surface area contributed by atoms with Crippen molar-refractivity contribution in [3.63, 3.8) is 0 Å². The minimum atomic E-state index is -3.73. The quantitative estimate of drug-likeness (QED) is 0.873. The zero-order chi connectivity index (χ0) is 15.6. The number of rotatable bonds is 4. The average molecular weight is 353 g/mol. The summed E-state index contributed by atoms with van der Waals surface area (Å²) in [7, 11) is -2.29. The lowest BCUT2D eigenvalue weighted by molar-refractivity contribution is 0.349. The molecule has 2 N–H and O–H groups in total. The molecule has 0 spiro atoms. The molecule has 0 aliphatic carbocycles. The number of hydrogen-bond acceptors (Lipinski definition) is 4. The summed E-state index contributed by atoms with van der Waals surface area (Å²) in [6.07, 6.45) is 1.71. The molecule has 1 saturated heterocycles. The van der Waals surface area contributed by atoms with Crippen molar-refractivity contribution in [2.45, 2.75) is 36.7 Å². The first-order valence-corrected chi connectivity index (χ1v) is 8.88. The smallest absolute Gasteiger partial charge is 0.242 e. The van der Waals surface area contributed by atoms with Crippen LogP contribution in [0, 0.1) is 0 Å². The van der Waals surface area contributed by atoms with Crippen molar-refractivity contribution >= 4 is 33.2 Å². The SMILES string of the molecule is COc1cc(Cl)c(S(=O)(=O)NC2CCCNC2C)cc1Cl. The van der Waals surface area contributed by atoms with Gasteiger partial charge in [-0.05, 0) is 32.4 Å². The Morgan fingerprint density at radius 3 is 2.67 bits per heavy atom. The van der Waals surface area contributed by atoms with E-state index in [0.717, 1.165) is 19.4 Å². The second-order valence-electron chi connectivity index (χ2n) is 5.03. The maximum absolute atomic E-state index is 12.5. The lowest BCUT2D eigenvalue weighted by Crippen LogP contribution is -2.51. The van der Waals surface area contributed by atoms with Gasteiger partial charge in [-0.2, -0.15) is 0 Å². The Bertz CT molecular complexity index is 622. The highest BCUT2D eigenvalue weighted by Crippen LogP contribution is 2.33. The van der Waals surface area contributed by atoms with Crippen LogP contribution >= 0.6 is 23.2 Å². The van der Waals surface area contributed by atoms with E-state index in [2.05, 4.69) is 10.0 Å². The van der Waals surface area contributed by atoms with E-state index in [4.69, 9.17) is 27.9 Å². The van der Waals surface area contributed by atoms with Gasteiger partial charge in [0.15, 0.2) is 0 Å². The van der Waals surface area contributed by atoms with Gasteiger partial charge in [0.1, 0.15) is 10.6 Å². The largest absolute Gasteiger partial charge is 0.495 e. The molecule has 1 aliphatic heterocycles. The predicted molar refractivity (Wildman–Crippen MR) is 83.8 cm³/mol. The van der Waals surface area contributed by atoms with Crippen molar-refractivity contribution in [1.29, 1.82) is 0 Å². The van der Waals surface area contributed by atoms with Gasteiger partial charge in [0.25, 0.3) is 0 Å². The number of sulfonamides is 1. The van der Waals surface area contributed by atoms with Gasteiger partial charge in [-0.25, -0.2) is 13.1 Å². The van der Waals surface area contributed by atoms with Crippen LogP contribution in [0.4, 0.5) is 0 Å². The van der Waals surface area contributed by atoms with Gasteiger partial charge in [-0.15, -0.1) is 0 Å². The third-order valence-electron chi connectivity index (χ3n) is 3.56. The van der Waals surface area contributed by atoms with Crippen molar-refractivity contribution in [2.24, 2.45) is 0 Å². The van der Waals surface area contributed by atoms with E-state index in [1.165, 1.54) is 19.2 Å². The van der Waals surface area contributed by atoms with Crippen molar-refractivity contribution in [3.05, 3.63) is 22.2 Å². The van der Waals surface area contributed by atoms with Crippen LogP contribution in [0.25, 0.3) is 0 Å². The minimum Gasteiger partial charge on any atom is -0.495 e. The summed E-state index contributed by atoms with van der Waals surface area (Å²) in [6, 6.07) is 2.62. The number of piperidine rings is 1. The summed E-state index contributed by atoms with van der Waals surface area (Å²) in [5.74, 6) is 0.341. The average Bonchev–Trinajstić information content (AvgIpc) is 2.43. The van der Waals surface area contributed by atoms with E-state index >= 15 is 0 Å². The molecule has 1 aliphatic rings. The molecule has 1 heterocycles. The Kier molecular flexibility index (Phi) is 5.38. The first-order valence-electron chi connectivity index (χ1n) is 6.64. The zero-order valence-electron chi connectivity index (χ0n) is 11.8. The molecule has 1 aromatic rings. The van der Waals surface area contributed by atoms with Crippen LogP contribution in [0.15, 0.2) is 17.0 Å². The highest BCUT2D eigenvalue weighted by Gasteiger charge is 2.28. The molecular weight excluding hydrogens is 335 g/mol. The molecule has 5 nitrogen and oxygen atoms in total. The Hall–Kier alpha value is -0.530. The molecule has 8 heteroatoms. The second-order valence-corrected chi connectivity index (χ2v) is 7.53. The summed E-state index contributed by atoms with van der Waals surface area (Å²) >= 11 is 12.0. The maximum Gasteiger partial charge on any atom is 0.242 e. The highest BCUT2D eigenvalue weighted by atomic mass is 35.5. The van der Waals surface area contributed by atoms with Crippen LogP contribution in [0.2, 0.25) is 10.0 Å². The van der Waals surface area contributed by atoms with Gasteiger partial charge in [0.2, 0.25) is 10.0 Å². The molecule has 21 heavy (non-hydrogen) atoms. The van der Waals surface area contributed by atoms with Crippen molar-refractivity contribution in [1.82, 2.24) is 10.0 Å². The van der Waals surface area contributed by atoms with Crippen LogP contribution in [0.1, 0.15) is 19.8 Å². The Morgan fingerprint density at radius 1 is 1.33 bits per heavy atom. The molecule has 2 atom stereocenters. The second kappa shape index (κ2) is 6.71. The number of hydrogen-bond donors (Lipinski definition) is 2. The molecular formula is C13H18Cl2N2O3S. The van der Waals surface area contributed by atoms with Gasteiger partial charge in [0.05, 0.1) is 17.2 Å². The molecule has 0 amide bonds. The van der Waals surface area contributed by atoms with Crippen molar-refractivity contribution in [3.8, 4) is 5.75 Å². The molecule has 0 radical (unpaired) electrons. The standard InChI is InChI=1S/C13H18Cl2N2O3S/c1-8-11(4-3-5-16-8)17-21(18,19)13-7-9(14)12(20-2)6-10(13)15/h6-8,11,16-17H,3-5H2,1-2H3. The van der Waals surface area contributed by atoms with Gasteiger partial charge in [-0.3, -0.25) is 0 Å². The van der Waals surface area contributed by atoms with Crippen molar-refractivity contribution < 1.29 is 13.2 Å². The maximum atomic E-state index is 12.5. The molecule has 1 aromatic carbocycles. The Labute approximate surface area is 135 Å². The van der Waals surface area contributed by atoms with E-state index in [1.807, 2.05) is 6.92 Å². The predicted octanol–water partition coefficient (Wildman–Crippen LogP) is 2.42. The van der Waals surface area contributed by atoms with Crippen LogP contribution in [0.5, 0.6) is 5.75 Å². The van der Waals surface area contributed by atoms with E-state index < -0.39 is 10.0 Å². The minimum absolute atomic E-state index is 0.0345. The number of methoxy groups -OCH3 is 1. The van der Waals surface area contributed by atoms with Gasteiger partial charge in [-0.1, -0.05) is 23.2 Å². The highest BCUT2D eigenvalue weighted by molar-refractivity contribution is 7.89. The fourth-order valence-electron chi connectivity index (χ4n) is 2.34. The van der Waals surface area contributed by atoms with E-state index in [9.17, 15) is 8.42 Å². The normalized spacial score (nSPS) is 23.0. The van der Waals surface area contributed by atoms with Crippen molar-refractivity contribution in [2.75, 3.05) is 13.7 Å². The van der Waals surface area contributed by atoms with Crippen LogP contribution in [-0.2, 0) is 10.0 Å². The molecule has 0 bridgehead atoms. The molecule has 0 aromatic heterocycles. The monoisotopic (exact) mass is 352 g/mol. The van der Waals surface area contributed by atoms with Crippen LogP contribution in [-0.4, -0.2) is 34.2 Å². The van der Waals surface area contributed by atoms with Gasteiger partial charge < -0.3 is 10.1 Å². The van der Waals surface area contributed by atoms with Gasteiger partial charge in [0, 0.05) is 18.2 Å². The third kappa shape index (κ3) is 3.81. The first-order chi connectivity index (χ1) is 9.85. The van der Waals surface area contributed by atoms with Gasteiger partial charge >= 0.3 is 0 Å². The van der Waals surface area contributed by atoms with Crippen LogP contribution in [0.3, 0.4) is 0 Å². The number of halogens is 2. The zero-order valence-corrected chi connectivity index (χ0v) is 14.1. The molecule has 0 saturated carbocycles. The number of ether oxygens (including phenoxy) is 1. The lowest BCUT2D eigenvalue weighted by atomic mass is 10.0. The Morgan fingerprint density at radius 2 is 2.05 bits per heavy atom. The third-order valence-corrected chi connectivity index (χ3v) is 5.81. The molecule has 2 rings (SSSR count). The molecule has 2 unspecified atom stereocenters. The fourth-order valence-corrected chi connectivity index (χ4v) is 4.54. The van der Waals surface area contributed by atoms with E-state index in [0.29, 0.717) is 5.75 Å². The molecule has 1 fully saturated rings. The molecule has 118 valence electrons. The number of nitrogens with one attached hydrogen (secondary N) is 2. The first kappa shape index (κ1) is 16.8. The summed E-state index contributed by atoms with van der Waals surface area (Å²) in [5, 5.41) is 3.53. The Balaban J connectivity index is 2.29. The van der Waals surface area contributed by atoms with E-state index in [-0.39, 0.29) is 27.0 Å². The summed E-state index contributed by atoms with van der Waals surface area (Å²) in [6.45, 7) is 2.85.